The van der Waals surface area contributed by atoms with Crippen LogP contribution in [0.5, 0.6) is 5.95 Å². The van der Waals surface area contributed by atoms with E-state index in [1.165, 1.54) is 26.5 Å². The first-order chi connectivity index (χ1) is 5.29. The molecule has 1 aromatic heterocycles. The summed E-state index contributed by atoms with van der Waals surface area (Å²) in [5.41, 5.74) is 0.301. The molecule has 1 aromatic rings. The van der Waals surface area contributed by atoms with E-state index in [1.54, 1.807) is 0 Å². The van der Waals surface area contributed by atoms with Crippen molar-refractivity contribution in [3.63, 3.8) is 0 Å². The van der Waals surface area contributed by atoms with E-state index in [1.807, 2.05) is 0 Å². The number of hydrogen-bond donors (Lipinski definition) is 0. The minimum Gasteiger partial charge on any atom is -0.468 e. The highest BCUT2D eigenvalue weighted by Crippen LogP contribution is 2.19. The number of rotatable bonds is 2. The fraction of sp³-hybridized carbons (Fsp3) is 0.286. The summed E-state index contributed by atoms with van der Waals surface area (Å²) in [7, 11) is 2.72. The minimum atomic E-state index is -0.462. The van der Waals surface area contributed by atoms with Crippen molar-refractivity contribution in [3.8, 4) is 5.95 Å². The molecule has 1 heterocycles. The van der Waals surface area contributed by atoms with Gasteiger partial charge in [0.25, 0.3) is 5.95 Å². The normalized spacial score (nSPS) is 9.27. The molecule has 0 fully saturated rings. The van der Waals surface area contributed by atoms with Gasteiger partial charge in [-0.05, 0) is 6.07 Å². The molecule has 0 bridgehead atoms. The second-order valence-electron chi connectivity index (χ2n) is 1.82. The highest BCUT2D eigenvalue weighted by atomic mass is 16.6. The number of furan rings is 1. The fourth-order valence-corrected chi connectivity index (χ4v) is 0.715. The SMILES string of the molecule is COC(=O)c1ccoc1OC. The van der Waals surface area contributed by atoms with Gasteiger partial charge < -0.3 is 13.9 Å². The number of ether oxygens (including phenoxy) is 2. The molecule has 0 aliphatic heterocycles. The molecule has 0 atom stereocenters. The van der Waals surface area contributed by atoms with Crippen LogP contribution in [-0.4, -0.2) is 20.2 Å². The summed E-state index contributed by atoms with van der Waals surface area (Å²) in [6.45, 7) is 0. The third-order valence-corrected chi connectivity index (χ3v) is 1.22. The van der Waals surface area contributed by atoms with Crippen LogP contribution in [0.1, 0.15) is 10.4 Å². The van der Waals surface area contributed by atoms with Crippen molar-refractivity contribution in [2.75, 3.05) is 14.2 Å². The second-order valence-corrected chi connectivity index (χ2v) is 1.82. The molecule has 60 valence electrons. The van der Waals surface area contributed by atoms with E-state index in [-0.39, 0.29) is 5.95 Å². The number of methoxy groups -OCH3 is 2. The Labute approximate surface area is 63.7 Å². The number of carbonyl (C=O) groups excluding carboxylic acids is 1. The molecule has 4 nitrogen and oxygen atoms in total. The van der Waals surface area contributed by atoms with Crippen molar-refractivity contribution in [2.24, 2.45) is 0 Å². The van der Waals surface area contributed by atoms with Crippen molar-refractivity contribution < 1.29 is 18.7 Å². The molecule has 0 radical (unpaired) electrons. The van der Waals surface area contributed by atoms with Crippen molar-refractivity contribution in [3.05, 3.63) is 17.9 Å². The minimum absolute atomic E-state index is 0.178. The van der Waals surface area contributed by atoms with E-state index in [0.717, 1.165) is 0 Å². The molecule has 11 heavy (non-hydrogen) atoms. The Morgan fingerprint density at radius 1 is 1.55 bits per heavy atom. The summed E-state index contributed by atoms with van der Waals surface area (Å²) in [4.78, 5) is 10.9. The van der Waals surface area contributed by atoms with Crippen LogP contribution >= 0.6 is 0 Å². The lowest BCUT2D eigenvalue weighted by atomic mass is 10.3. The number of hydrogen-bond acceptors (Lipinski definition) is 4. The molecule has 1 rings (SSSR count). The van der Waals surface area contributed by atoms with Gasteiger partial charge in [0.2, 0.25) is 0 Å². The average Bonchev–Trinajstić information content (AvgIpc) is 2.50. The van der Waals surface area contributed by atoms with Crippen LogP contribution < -0.4 is 4.74 Å². The van der Waals surface area contributed by atoms with Crippen LogP contribution in [0.15, 0.2) is 16.7 Å². The van der Waals surface area contributed by atoms with E-state index < -0.39 is 5.97 Å². The zero-order valence-electron chi connectivity index (χ0n) is 6.29. The van der Waals surface area contributed by atoms with Gasteiger partial charge in [-0.2, -0.15) is 0 Å². The van der Waals surface area contributed by atoms with Gasteiger partial charge in [0.15, 0.2) is 0 Å². The van der Waals surface area contributed by atoms with E-state index in [9.17, 15) is 4.79 Å². The first kappa shape index (κ1) is 7.65. The molecule has 4 heteroatoms. The summed E-state index contributed by atoms with van der Waals surface area (Å²) in [5.74, 6) is -0.285. The summed E-state index contributed by atoms with van der Waals surface area (Å²) in [6.07, 6.45) is 1.37. The standard InChI is InChI=1S/C7H8O4/c1-9-6(8)5-3-4-11-7(5)10-2/h3-4H,1-2H3. The largest absolute Gasteiger partial charge is 0.468 e. The number of carbonyl (C=O) groups is 1. The molecule has 0 saturated heterocycles. The smallest absolute Gasteiger partial charge is 0.345 e. The topological polar surface area (TPSA) is 48.7 Å². The van der Waals surface area contributed by atoms with Crippen LogP contribution in [0.2, 0.25) is 0 Å². The van der Waals surface area contributed by atoms with Gasteiger partial charge in [-0.25, -0.2) is 4.79 Å². The lowest BCUT2D eigenvalue weighted by Crippen LogP contribution is -2.00. The number of esters is 1. The third-order valence-electron chi connectivity index (χ3n) is 1.22. The van der Waals surface area contributed by atoms with Gasteiger partial charge in [-0.15, -0.1) is 0 Å². The molecule has 0 spiro atoms. The van der Waals surface area contributed by atoms with E-state index in [0.29, 0.717) is 5.56 Å². The molecule has 0 amide bonds. The molecular formula is C7H8O4. The third kappa shape index (κ3) is 1.34. The Kier molecular flexibility index (Phi) is 2.15. The van der Waals surface area contributed by atoms with E-state index >= 15 is 0 Å². The van der Waals surface area contributed by atoms with Gasteiger partial charge in [0, 0.05) is 0 Å². The Bertz CT molecular complexity index is 251. The molecule has 0 N–H and O–H groups in total. The first-order valence-corrected chi connectivity index (χ1v) is 2.99. The van der Waals surface area contributed by atoms with Crippen LogP contribution in [0.3, 0.4) is 0 Å². The highest BCUT2D eigenvalue weighted by Gasteiger charge is 2.14. The predicted molar refractivity (Wildman–Crippen MR) is 36.6 cm³/mol. The highest BCUT2D eigenvalue weighted by molar-refractivity contribution is 5.91. The Balaban J connectivity index is 2.92. The fourth-order valence-electron chi connectivity index (χ4n) is 0.715. The monoisotopic (exact) mass is 156 g/mol. The predicted octanol–water partition coefficient (Wildman–Crippen LogP) is 1.07. The summed E-state index contributed by atoms with van der Waals surface area (Å²) < 4.78 is 14.0. The zero-order chi connectivity index (χ0) is 8.27. The lowest BCUT2D eigenvalue weighted by molar-refractivity contribution is 0.0594. The summed E-state index contributed by atoms with van der Waals surface area (Å²) in [6, 6.07) is 1.49. The second kappa shape index (κ2) is 3.09. The van der Waals surface area contributed by atoms with Crippen LogP contribution in [0.4, 0.5) is 0 Å². The lowest BCUT2D eigenvalue weighted by Gasteiger charge is -1.96. The maximum atomic E-state index is 10.9. The van der Waals surface area contributed by atoms with Crippen molar-refractivity contribution in [1.82, 2.24) is 0 Å². The Morgan fingerprint density at radius 3 is 2.82 bits per heavy atom. The van der Waals surface area contributed by atoms with Gasteiger partial charge in [-0.3, -0.25) is 0 Å². The van der Waals surface area contributed by atoms with Crippen molar-refractivity contribution in [1.29, 1.82) is 0 Å². The van der Waals surface area contributed by atoms with Crippen molar-refractivity contribution in [2.45, 2.75) is 0 Å². The van der Waals surface area contributed by atoms with Crippen LogP contribution in [-0.2, 0) is 4.74 Å². The van der Waals surface area contributed by atoms with Gasteiger partial charge >= 0.3 is 5.97 Å². The molecule has 0 unspecified atom stereocenters. The molecule has 0 aromatic carbocycles. The van der Waals surface area contributed by atoms with Crippen LogP contribution in [0.25, 0.3) is 0 Å². The maximum Gasteiger partial charge on any atom is 0.345 e. The van der Waals surface area contributed by atoms with E-state index in [2.05, 4.69) is 4.74 Å². The molecule has 0 aliphatic rings. The van der Waals surface area contributed by atoms with Gasteiger partial charge in [-0.1, -0.05) is 0 Å². The summed E-state index contributed by atoms with van der Waals surface area (Å²) in [5, 5.41) is 0. The maximum absolute atomic E-state index is 10.9. The quantitative estimate of drug-likeness (QED) is 0.601. The van der Waals surface area contributed by atoms with Gasteiger partial charge in [0.05, 0.1) is 20.5 Å². The Morgan fingerprint density at radius 2 is 2.27 bits per heavy atom. The van der Waals surface area contributed by atoms with Crippen LogP contribution in [0, 0.1) is 0 Å². The molecule has 0 aliphatic carbocycles. The molecule has 0 saturated carbocycles. The first-order valence-electron chi connectivity index (χ1n) is 2.99. The van der Waals surface area contributed by atoms with E-state index in [4.69, 9.17) is 9.15 Å². The Hall–Kier alpha value is -1.45. The van der Waals surface area contributed by atoms with Gasteiger partial charge in [0.1, 0.15) is 5.56 Å². The summed E-state index contributed by atoms with van der Waals surface area (Å²) >= 11 is 0. The molecular weight excluding hydrogens is 148 g/mol. The average molecular weight is 156 g/mol. The zero-order valence-corrected chi connectivity index (χ0v) is 6.29. The van der Waals surface area contributed by atoms with Crippen molar-refractivity contribution >= 4 is 5.97 Å².